The monoisotopic (exact) mass is 232 g/mol. The standard InChI is InChI=1S/C12H12N2OS/c1-8-7-16-11-9(8)3-2-4-10(11)14-12-13-5-6-15-12/h2-4,7H,5-6H2,1H3,(H,13,14). The number of aliphatic imine (C=N–C) groups is 1. The smallest absolute Gasteiger partial charge is 0.289 e. The summed E-state index contributed by atoms with van der Waals surface area (Å²) in [5.41, 5.74) is 2.40. The van der Waals surface area contributed by atoms with Gasteiger partial charge in [-0.1, -0.05) is 12.1 Å². The second kappa shape index (κ2) is 3.79. The van der Waals surface area contributed by atoms with Gasteiger partial charge in [-0.25, -0.2) is 4.99 Å². The summed E-state index contributed by atoms with van der Waals surface area (Å²) in [7, 11) is 0. The molecule has 0 saturated heterocycles. The predicted octanol–water partition coefficient (Wildman–Crippen LogP) is 3.01. The number of aryl methyl sites for hydroxylation is 1. The maximum absolute atomic E-state index is 5.36. The Hall–Kier alpha value is -1.55. The molecule has 82 valence electrons. The van der Waals surface area contributed by atoms with Crippen LogP contribution in [0.2, 0.25) is 0 Å². The first kappa shape index (κ1) is 9.66. The molecule has 2 heterocycles. The summed E-state index contributed by atoms with van der Waals surface area (Å²) in [6, 6.07) is 6.89. The number of benzene rings is 1. The van der Waals surface area contributed by atoms with E-state index in [1.54, 1.807) is 11.3 Å². The molecular formula is C12H12N2OS. The Morgan fingerprint density at radius 2 is 2.38 bits per heavy atom. The molecule has 4 heteroatoms. The maximum atomic E-state index is 5.36. The van der Waals surface area contributed by atoms with Crippen LogP contribution in [0.3, 0.4) is 0 Å². The molecule has 0 saturated carbocycles. The highest BCUT2D eigenvalue weighted by Gasteiger charge is 2.10. The van der Waals surface area contributed by atoms with Crippen molar-refractivity contribution in [3.05, 3.63) is 29.1 Å². The maximum Gasteiger partial charge on any atom is 0.289 e. The van der Waals surface area contributed by atoms with Crippen LogP contribution in [0.25, 0.3) is 10.1 Å². The van der Waals surface area contributed by atoms with Crippen molar-refractivity contribution in [1.29, 1.82) is 0 Å². The average molecular weight is 232 g/mol. The number of hydrogen-bond donors (Lipinski definition) is 1. The number of fused-ring (bicyclic) bond motifs is 1. The molecule has 1 aliphatic rings. The normalized spacial score (nSPS) is 14.9. The topological polar surface area (TPSA) is 33.6 Å². The van der Waals surface area contributed by atoms with Gasteiger partial charge in [0.1, 0.15) is 6.61 Å². The molecule has 0 amide bonds. The number of anilines is 1. The molecule has 2 aromatic rings. The largest absolute Gasteiger partial charge is 0.463 e. The van der Waals surface area contributed by atoms with Crippen molar-refractivity contribution in [2.75, 3.05) is 18.5 Å². The van der Waals surface area contributed by atoms with Crippen LogP contribution in [-0.2, 0) is 4.74 Å². The van der Waals surface area contributed by atoms with Crippen molar-refractivity contribution < 1.29 is 4.74 Å². The van der Waals surface area contributed by atoms with Crippen molar-refractivity contribution in [1.82, 2.24) is 0 Å². The molecule has 0 atom stereocenters. The minimum Gasteiger partial charge on any atom is -0.463 e. The van der Waals surface area contributed by atoms with Crippen LogP contribution in [0.4, 0.5) is 5.69 Å². The van der Waals surface area contributed by atoms with Crippen molar-refractivity contribution in [3.63, 3.8) is 0 Å². The van der Waals surface area contributed by atoms with E-state index in [0.717, 1.165) is 12.2 Å². The van der Waals surface area contributed by atoms with Crippen molar-refractivity contribution in [3.8, 4) is 0 Å². The number of amidine groups is 1. The number of rotatable bonds is 1. The molecule has 16 heavy (non-hydrogen) atoms. The van der Waals surface area contributed by atoms with Gasteiger partial charge in [-0.15, -0.1) is 11.3 Å². The lowest BCUT2D eigenvalue weighted by Gasteiger charge is -2.06. The van der Waals surface area contributed by atoms with Gasteiger partial charge in [-0.3, -0.25) is 0 Å². The summed E-state index contributed by atoms with van der Waals surface area (Å²) in [5, 5.41) is 6.71. The minimum absolute atomic E-state index is 0.638. The quantitative estimate of drug-likeness (QED) is 0.820. The summed E-state index contributed by atoms with van der Waals surface area (Å²) in [6.07, 6.45) is 0. The van der Waals surface area contributed by atoms with Crippen molar-refractivity contribution >= 4 is 33.1 Å². The molecule has 0 spiro atoms. The number of ether oxygens (including phenoxy) is 1. The zero-order valence-corrected chi connectivity index (χ0v) is 9.80. The lowest BCUT2D eigenvalue weighted by atomic mass is 10.2. The first-order valence-corrected chi connectivity index (χ1v) is 6.13. The highest BCUT2D eigenvalue weighted by molar-refractivity contribution is 7.18. The predicted molar refractivity (Wildman–Crippen MR) is 68.4 cm³/mol. The Bertz CT molecular complexity index is 559. The number of thiophene rings is 1. The highest BCUT2D eigenvalue weighted by Crippen LogP contribution is 2.31. The fourth-order valence-corrected chi connectivity index (χ4v) is 2.83. The van der Waals surface area contributed by atoms with Gasteiger partial charge in [0.2, 0.25) is 0 Å². The van der Waals surface area contributed by atoms with Gasteiger partial charge >= 0.3 is 0 Å². The van der Waals surface area contributed by atoms with Gasteiger partial charge in [0.05, 0.1) is 16.9 Å². The second-order valence-electron chi connectivity index (χ2n) is 3.76. The minimum atomic E-state index is 0.638. The van der Waals surface area contributed by atoms with E-state index in [1.807, 2.05) is 0 Å². The molecule has 1 aromatic heterocycles. The highest BCUT2D eigenvalue weighted by atomic mass is 32.1. The van der Waals surface area contributed by atoms with Crippen LogP contribution in [-0.4, -0.2) is 19.2 Å². The summed E-state index contributed by atoms with van der Waals surface area (Å²) >= 11 is 1.75. The first-order chi connectivity index (χ1) is 7.84. The van der Waals surface area contributed by atoms with E-state index in [0.29, 0.717) is 12.6 Å². The number of nitrogens with zero attached hydrogens (tertiary/aromatic N) is 1. The van der Waals surface area contributed by atoms with Crippen LogP contribution in [0.15, 0.2) is 28.6 Å². The molecular weight excluding hydrogens is 220 g/mol. The number of nitrogens with one attached hydrogen (secondary N) is 1. The first-order valence-electron chi connectivity index (χ1n) is 5.26. The zero-order valence-electron chi connectivity index (χ0n) is 8.99. The van der Waals surface area contributed by atoms with Crippen LogP contribution in [0.1, 0.15) is 5.56 Å². The van der Waals surface area contributed by atoms with Gasteiger partial charge in [-0.05, 0) is 29.3 Å². The molecule has 1 aliphatic heterocycles. The van der Waals surface area contributed by atoms with Crippen LogP contribution in [0.5, 0.6) is 0 Å². The van der Waals surface area contributed by atoms with Crippen LogP contribution >= 0.6 is 11.3 Å². The van der Waals surface area contributed by atoms with Crippen molar-refractivity contribution in [2.24, 2.45) is 4.99 Å². The van der Waals surface area contributed by atoms with Crippen molar-refractivity contribution in [2.45, 2.75) is 6.92 Å². The van der Waals surface area contributed by atoms with Gasteiger partial charge in [0, 0.05) is 0 Å². The lowest BCUT2D eigenvalue weighted by Crippen LogP contribution is -2.11. The molecule has 1 N–H and O–H groups in total. The van der Waals surface area contributed by atoms with E-state index in [9.17, 15) is 0 Å². The molecule has 1 aromatic carbocycles. The molecule has 3 rings (SSSR count). The molecule has 0 unspecified atom stereocenters. The summed E-state index contributed by atoms with van der Waals surface area (Å²) in [4.78, 5) is 4.23. The van der Waals surface area contributed by atoms with Gasteiger partial charge < -0.3 is 10.1 Å². The van der Waals surface area contributed by atoms with E-state index in [2.05, 4.69) is 40.8 Å². The third-order valence-corrected chi connectivity index (χ3v) is 3.77. The Morgan fingerprint density at radius 3 is 3.19 bits per heavy atom. The Labute approximate surface area is 97.8 Å². The third-order valence-electron chi connectivity index (χ3n) is 2.62. The fourth-order valence-electron chi connectivity index (χ4n) is 1.81. The van der Waals surface area contributed by atoms with Crippen LogP contribution in [0, 0.1) is 6.92 Å². The van der Waals surface area contributed by atoms with E-state index < -0.39 is 0 Å². The molecule has 0 aliphatic carbocycles. The van der Waals surface area contributed by atoms with E-state index in [1.165, 1.54) is 15.6 Å². The molecule has 0 bridgehead atoms. The summed E-state index contributed by atoms with van der Waals surface area (Å²) < 4.78 is 6.62. The van der Waals surface area contributed by atoms with E-state index in [-0.39, 0.29) is 0 Å². The molecule has 0 fully saturated rings. The second-order valence-corrected chi connectivity index (χ2v) is 4.64. The number of hydrogen-bond acceptors (Lipinski definition) is 4. The van der Waals surface area contributed by atoms with E-state index in [4.69, 9.17) is 4.74 Å². The lowest BCUT2D eigenvalue weighted by molar-refractivity contribution is 0.346. The molecule has 0 radical (unpaired) electrons. The Morgan fingerprint density at radius 1 is 1.44 bits per heavy atom. The molecule has 3 nitrogen and oxygen atoms in total. The van der Waals surface area contributed by atoms with E-state index >= 15 is 0 Å². The SMILES string of the molecule is Cc1csc2c(NC3=NCCO3)cccc12. The fraction of sp³-hybridized carbons (Fsp3) is 0.250. The Balaban J connectivity index is 2.02. The van der Waals surface area contributed by atoms with Crippen LogP contribution < -0.4 is 5.32 Å². The summed E-state index contributed by atoms with van der Waals surface area (Å²) in [6.45, 7) is 3.57. The average Bonchev–Trinajstić information content (AvgIpc) is 2.90. The van der Waals surface area contributed by atoms with Gasteiger partial charge in [0.15, 0.2) is 0 Å². The van der Waals surface area contributed by atoms with Gasteiger partial charge in [-0.2, -0.15) is 0 Å². The van der Waals surface area contributed by atoms with Gasteiger partial charge in [0.25, 0.3) is 6.02 Å². The third kappa shape index (κ3) is 1.55. The zero-order chi connectivity index (χ0) is 11.0. The Kier molecular flexibility index (Phi) is 2.29. The summed E-state index contributed by atoms with van der Waals surface area (Å²) in [5.74, 6) is 0.